The van der Waals surface area contributed by atoms with Crippen LogP contribution in [0.5, 0.6) is 0 Å². The molecule has 2 heterocycles. The number of fused-ring (bicyclic) bond motifs is 1. The van der Waals surface area contributed by atoms with Gasteiger partial charge in [0.15, 0.2) is 5.15 Å². The van der Waals surface area contributed by atoms with Crippen molar-refractivity contribution in [2.24, 2.45) is 0 Å². The minimum absolute atomic E-state index is 0.440. The maximum absolute atomic E-state index is 6.45. The summed E-state index contributed by atoms with van der Waals surface area (Å²) in [5.41, 5.74) is 5.27. The van der Waals surface area contributed by atoms with Crippen LogP contribution >= 0.6 is 23.2 Å². The van der Waals surface area contributed by atoms with Crippen molar-refractivity contribution in [2.45, 2.75) is 32.2 Å². The lowest BCUT2D eigenvalue weighted by Gasteiger charge is -2.12. The zero-order valence-corrected chi connectivity index (χ0v) is 13.7. The SMILES string of the molecule is Cc1cnc2c(Cl)nn(Cc3c(Cl)cccc3C3CC3)c2c1. The van der Waals surface area contributed by atoms with Gasteiger partial charge in [0.05, 0.1) is 12.1 Å². The van der Waals surface area contributed by atoms with Crippen molar-refractivity contribution in [3.63, 3.8) is 0 Å². The molecule has 1 aliphatic carbocycles. The van der Waals surface area contributed by atoms with E-state index in [0.717, 1.165) is 27.2 Å². The van der Waals surface area contributed by atoms with Crippen LogP contribution in [0.1, 0.15) is 35.4 Å². The quantitative estimate of drug-likeness (QED) is 0.678. The Kier molecular flexibility index (Phi) is 3.35. The van der Waals surface area contributed by atoms with Crippen LogP contribution in [0, 0.1) is 6.92 Å². The van der Waals surface area contributed by atoms with Crippen LogP contribution in [0.3, 0.4) is 0 Å². The lowest BCUT2D eigenvalue weighted by Crippen LogP contribution is -2.05. The van der Waals surface area contributed by atoms with E-state index in [1.165, 1.54) is 18.4 Å². The van der Waals surface area contributed by atoms with Crippen molar-refractivity contribution in [1.29, 1.82) is 0 Å². The summed E-state index contributed by atoms with van der Waals surface area (Å²) in [5, 5.41) is 5.69. The van der Waals surface area contributed by atoms with Gasteiger partial charge >= 0.3 is 0 Å². The van der Waals surface area contributed by atoms with Crippen LogP contribution in [-0.4, -0.2) is 14.8 Å². The molecule has 2 aromatic heterocycles. The molecule has 1 aliphatic rings. The molecule has 0 bridgehead atoms. The molecule has 0 radical (unpaired) electrons. The highest BCUT2D eigenvalue weighted by Gasteiger charge is 2.27. The first-order chi connectivity index (χ1) is 10.6. The fourth-order valence-corrected chi connectivity index (χ4v) is 3.38. The number of hydrogen-bond donors (Lipinski definition) is 0. The predicted molar refractivity (Wildman–Crippen MR) is 89.8 cm³/mol. The number of aromatic nitrogens is 3. The molecule has 0 unspecified atom stereocenters. The fourth-order valence-electron chi connectivity index (χ4n) is 2.91. The second-order valence-electron chi connectivity index (χ2n) is 5.91. The summed E-state index contributed by atoms with van der Waals surface area (Å²) in [4.78, 5) is 4.39. The van der Waals surface area contributed by atoms with E-state index in [2.05, 4.69) is 22.2 Å². The topological polar surface area (TPSA) is 30.7 Å². The van der Waals surface area contributed by atoms with Crippen molar-refractivity contribution in [1.82, 2.24) is 14.8 Å². The predicted octanol–water partition coefficient (Wildman–Crippen LogP) is 4.97. The molecule has 0 atom stereocenters. The second-order valence-corrected chi connectivity index (χ2v) is 6.68. The van der Waals surface area contributed by atoms with E-state index in [9.17, 15) is 0 Å². The zero-order valence-electron chi connectivity index (χ0n) is 12.2. The Labute approximate surface area is 138 Å². The first kappa shape index (κ1) is 14.0. The monoisotopic (exact) mass is 331 g/mol. The number of nitrogens with zero attached hydrogens (tertiary/aromatic N) is 3. The maximum atomic E-state index is 6.45. The minimum Gasteiger partial charge on any atom is -0.257 e. The molecule has 0 amide bonds. The standard InChI is InChI=1S/C17H15Cl2N3/c1-10-7-15-16(20-8-10)17(19)21-22(15)9-13-12(11-5-6-11)3-2-4-14(13)18/h2-4,7-8,11H,5-6,9H2,1H3. The Balaban J connectivity index is 1.83. The van der Waals surface area contributed by atoms with Gasteiger partial charge in [0.1, 0.15) is 5.52 Å². The van der Waals surface area contributed by atoms with Crippen LogP contribution in [0.15, 0.2) is 30.5 Å². The van der Waals surface area contributed by atoms with Gasteiger partial charge in [-0.2, -0.15) is 5.10 Å². The van der Waals surface area contributed by atoms with Gasteiger partial charge in [0, 0.05) is 11.2 Å². The van der Waals surface area contributed by atoms with Crippen LogP contribution in [-0.2, 0) is 6.54 Å². The van der Waals surface area contributed by atoms with Gasteiger partial charge in [0.2, 0.25) is 0 Å². The number of pyridine rings is 1. The van der Waals surface area contributed by atoms with Gasteiger partial charge in [-0.3, -0.25) is 9.67 Å². The fraction of sp³-hybridized carbons (Fsp3) is 0.294. The van der Waals surface area contributed by atoms with E-state index in [-0.39, 0.29) is 0 Å². The summed E-state index contributed by atoms with van der Waals surface area (Å²) in [6.45, 7) is 2.64. The van der Waals surface area contributed by atoms with E-state index in [1.54, 1.807) is 0 Å². The number of halogens is 2. The second kappa shape index (κ2) is 5.25. The van der Waals surface area contributed by atoms with Crippen molar-refractivity contribution in [3.8, 4) is 0 Å². The molecule has 3 nitrogen and oxygen atoms in total. The summed E-state index contributed by atoms with van der Waals surface area (Å²) >= 11 is 12.7. The van der Waals surface area contributed by atoms with Crippen LogP contribution in [0.4, 0.5) is 0 Å². The molecule has 0 N–H and O–H groups in total. The van der Waals surface area contributed by atoms with E-state index in [0.29, 0.717) is 17.6 Å². The van der Waals surface area contributed by atoms with Crippen LogP contribution < -0.4 is 0 Å². The number of aryl methyl sites for hydroxylation is 1. The molecule has 0 saturated heterocycles. The molecule has 3 aromatic rings. The summed E-state index contributed by atoms with van der Waals surface area (Å²) in [7, 11) is 0. The van der Waals surface area contributed by atoms with Gasteiger partial charge in [-0.1, -0.05) is 35.3 Å². The Morgan fingerprint density at radius 1 is 1.27 bits per heavy atom. The van der Waals surface area contributed by atoms with Gasteiger partial charge in [-0.25, -0.2) is 0 Å². The minimum atomic E-state index is 0.440. The highest BCUT2D eigenvalue weighted by Crippen LogP contribution is 2.43. The first-order valence-corrected chi connectivity index (χ1v) is 8.15. The summed E-state index contributed by atoms with van der Waals surface area (Å²) in [6, 6.07) is 8.21. The zero-order chi connectivity index (χ0) is 15.3. The number of rotatable bonds is 3. The molecule has 0 spiro atoms. The van der Waals surface area contributed by atoms with Gasteiger partial charge in [-0.05, 0) is 54.5 Å². The van der Waals surface area contributed by atoms with Gasteiger partial charge < -0.3 is 0 Å². The van der Waals surface area contributed by atoms with Crippen molar-refractivity contribution >= 4 is 34.2 Å². The van der Waals surface area contributed by atoms with Crippen molar-refractivity contribution in [3.05, 3.63) is 57.3 Å². The summed E-state index contributed by atoms with van der Waals surface area (Å²) in [6.07, 6.45) is 4.30. The van der Waals surface area contributed by atoms with Crippen molar-refractivity contribution in [2.75, 3.05) is 0 Å². The molecular formula is C17H15Cl2N3. The molecule has 0 aliphatic heterocycles. The smallest absolute Gasteiger partial charge is 0.177 e. The Bertz CT molecular complexity index is 866. The summed E-state index contributed by atoms with van der Waals surface area (Å²) < 4.78 is 1.91. The average molecular weight is 332 g/mol. The highest BCUT2D eigenvalue weighted by atomic mass is 35.5. The van der Waals surface area contributed by atoms with E-state index < -0.39 is 0 Å². The lowest BCUT2D eigenvalue weighted by molar-refractivity contribution is 0.706. The normalized spacial score (nSPS) is 14.7. The third-order valence-electron chi connectivity index (χ3n) is 4.17. The summed E-state index contributed by atoms with van der Waals surface area (Å²) in [5.74, 6) is 0.644. The largest absolute Gasteiger partial charge is 0.257 e. The molecule has 1 aromatic carbocycles. The van der Waals surface area contributed by atoms with Crippen molar-refractivity contribution < 1.29 is 0 Å². The Morgan fingerprint density at radius 2 is 2.09 bits per heavy atom. The van der Waals surface area contributed by atoms with Crippen LogP contribution in [0.25, 0.3) is 11.0 Å². The Morgan fingerprint density at radius 3 is 2.86 bits per heavy atom. The highest BCUT2D eigenvalue weighted by molar-refractivity contribution is 6.33. The Hall–Kier alpha value is -1.58. The van der Waals surface area contributed by atoms with E-state index >= 15 is 0 Å². The molecule has 5 heteroatoms. The molecule has 22 heavy (non-hydrogen) atoms. The molecule has 1 fully saturated rings. The average Bonchev–Trinajstić information content (AvgIpc) is 3.28. The van der Waals surface area contributed by atoms with Crippen LogP contribution in [0.2, 0.25) is 10.2 Å². The van der Waals surface area contributed by atoms with E-state index in [1.807, 2.05) is 29.9 Å². The third kappa shape index (κ3) is 2.38. The third-order valence-corrected chi connectivity index (χ3v) is 4.78. The number of benzene rings is 1. The van der Waals surface area contributed by atoms with Gasteiger partial charge in [-0.15, -0.1) is 0 Å². The molecule has 4 rings (SSSR count). The van der Waals surface area contributed by atoms with Gasteiger partial charge in [0.25, 0.3) is 0 Å². The maximum Gasteiger partial charge on any atom is 0.177 e. The molecular weight excluding hydrogens is 317 g/mol. The number of hydrogen-bond acceptors (Lipinski definition) is 2. The van der Waals surface area contributed by atoms with E-state index in [4.69, 9.17) is 23.2 Å². The first-order valence-electron chi connectivity index (χ1n) is 7.39. The lowest BCUT2D eigenvalue weighted by atomic mass is 10.0. The molecule has 1 saturated carbocycles. The molecule has 112 valence electrons.